The van der Waals surface area contributed by atoms with Gasteiger partial charge >= 0.3 is 0 Å². The third-order valence-electron chi connectivity index (χ3n) is 2.69. The van der Waals surface area contributed by atoms with Crippen LogP contribution in [0, 0.1) is 23.3 Å². The van der Waals surface area contributed by atoms with Crippen molar-refractivity contribution in [2.24, 2.45) is 0 Å². The summed E-state index contributed by atoms with van der Waals surface area (Å²) < 4.78 is 52.4. The summed E-state index contributed by atoms with van der Waals surface area (Å²) in [4.78, 5) is 3.66. The molecular formula is C13H10F4N2. The highest BCUT2D eigenvalue weighted by molar-refractivity contribution is 5.31. The van der Waals surface area contributed by atoms with Crippen molar-refractivity contribution < 1.29 is 17.6 Å². The number of nitrogens with one attached hydrogen (secondary N) is 1. The van der Waals surface area contributed by atoms with Gasteiger partial charge in [-0.3, -0.25) is 4.98 Å². The fourth-order valence-corrected chi connectivity index (χ4v) is 1.85. The van der Waals surface area contributed by atoms with E-state index in [0.717, 1.165) is 18.3 Å². The Morgan fingerprint density at radius 3 is 2.11 bits per heavy atom. The lowest BCUT2D eigenvalue weighted by atomic mass is 10.00. The van der Waals surface area contributed by atoms with Gasteiger partial charge in [0.25, 0.3) is 0 Å². The minimum absolute atomic E-state index is 0.145. The molecule has 1 N–H and O–H groups in total. The van der Waals surface area contributed by atoms with Crippen LogP contribution in [0.15, 0.2) is 30.6 Å². The molecule has 0 aliphatic rings. The summed E-state index contributed by atoms with van der Waals surface area (Å²) in [6.07, 6.45) is 2.38. The highest BCUT2D eigenvalue weighted by atomic mass is 19.2. The molecule has 0 bridgehead atoms. The molecule has 0 amide bonds. The van der Waals surface area contributed by atoms with Crippen LogP contribution in [0.3, 0.4) is 0 Å². The molecule has 2 rings (SSSR count). The first-order valence-corrected chi connectivity index (χ1v) is 5.45. The van der Waals surface area contributed by atoms with Crippen LogP contribution in [-0.4, -0.2) is 12.0 Å². The Kier molecular flexibility index (Phi) is 3.80. The van der Waals surface area contributed by atoms with E-state index in [0.29, 0.717) is 5.56 Å². The summed E-state index contributed by atoms with van der Waals surface area (Å²) in [5, 5.41) is 2.77. The highest BCUT2D eigenvalue weighted by Gasteiger charge is 2.18. The molecule has 1 aromatic carbocycles. The second-order valence-corrected chi connectivity index (χ2v) is 3.96. The SMILES string of the molecule is CNC(c1cncc(F)c1)c1cc(F)c(F)c(F)c1. The van der Waals surface area contributed by atoms with Gasteiger partial charge in [0.2, 0.25) is 0 Å². The molecule has 1 unspecified atom stereocenters. The van der Waals surface area contributed by atoms with Crippen LogP contribution in [-0.2, 0) is 0 Å². The van der Waals surface area contributed by atoms with Crippen LogP contribution in [0.5, 0.6) is 0 Å². The summed E-state index contributed by atoms with van der Waals surface area (Å²) >= 11 is 0. The first kappa shape index (κ1) is 13.5. The lowest BCUT2D eigenvalue weighted by Crippen LogP contribution is -2.18. The quantitative estimate of drug-likeness (QED) is 0.685. The van der Waals surface area contributed by atoms with Crippen molar-refractivity contribution in [2.45, 2.75) is 6.04 Å². The Hall–Kier alpha value is -1.95. The van der Waals surface area contributed by atoms with Gasteiger partial charge in [-0.15, -0.1) is 0 Å². The van der Waals surface area contributed by atoms with Gasteiger partial charge in [0, 0.05) is 6.20 Å². The third kappa shape index (κ3) is 2.73. The minimum Gasteiger partial charge on any atom is -0.309 e. The molecular weight excluding hydrogens is 260 g/mol. The zero-order valence-corrected chi connectivity index (χ0v) is 9.92. The second-order valence-electron chi connectivity index (χ2n) is 3.96. The molecule has 2 nitrogen and oxygen atoms in total. The van der Waals surface area contributed by atoms with Crippen LogP contribution in [0.4, 0.5) is 17.6 Å². The van der Waals surface area contributed by atoms with Crippen molar-refractivity contribution in [3.05, 3.63) is 65.0 Å². The van der Waals surface area contributed by atoms with Crippen LogP contribution in [0.1, 0.15) is 17.2 Å². The van der Waals surface area contributed by atoms with Gasteiger partial charge in [0.15, 0.2) is 17.5 Å². The van der Waals surface area contributed by atoms with E-state index in [2.05, 4.69) is 10.3 Å². The van der Waals surface area contributed by atoms with Crippen LogP contribution >= 0.6 is 0 Å². The van der Waals surface area contributed by atoms with Crippen molar-refractivity contribution in [3.63, 3.8) is 0 Å². The molecule has 0 aliphatic heterocycles. The number of halogens is 4. The number of aromatic nitrogens is 1. The Labute approximate surface area is 107 Å². The van der Waals surface area contributed by atoms with E-state index in [-0.39, 0.29) is 5.56 Å². The second kappa shape index (κ2) is 5.36. The van der Waals surface area contributed by atoms with E-state index in [1.165, 1.54) is 19.3 Å². The molecule has 0 aliphatic carbocycles. The Balaban J connectivity index is 2.48. The summed E-state index contributed by atoms with van der Waals surface area (Å²) in [6, 6.07) is 2.23. The topological polar surface area (TPSA) is 24.9 Å². The molecule has 0 saturated carbocycles. The average Bonchev–Trinajstić information content (AvgIpc) is 2.37. The van der Waals surface area contributed by atoms with Crippen LogP contribution in [0.25, 0.3) is 0 Å². The normalized spacial score (nSPS) is 12.5. The van der Waals surface area contributed by atoms with Crippen molar-refractivity contribution in [1.82, 2.24) is 10.3 Å². The summed E-state index contributed by atoms with van der Waals surface area (Å²) in [7, 11) is 1.54. The molecule has 1 aromatic heterocycles. The lowest BCUT2D eigenvalue weighted by Gasteiger charge is -2.17. The highest BCUT2D eigenvalue weighted by Crippen LogP contribution is 2.24. The fraction of sp³-hybridized carbons (Fsp3) is 0.154. The van der Waals surface area contributed by atoms with Gasteiger partial charge in [0.1, 0.15) is 5.82 Å². The number of nitrogens with zero attached hydrogens (tertiary/aromatic N) is 1. The van der Waals surface area contributed by atoms with Crippen molar-refractivity contribution in [2.75, 3.05) is 7.05 Å². The molecule has 0 radical (unpaired) electrons. The van der Waals surface area contributed by atoms with Gasteiger partial charge in [-0.05, 0) is 36.4 Å². The van der Waals surface area contributed by atoms with E-state index in [1.807, 2.05) is 0 Å². The number of benzene rings is 1. The molecule has 1 heterocycles. The maximum atomic E-state index is 13.2. The monoisotopic (exact) mass is 270 g/mol. The number of pyridine rings is 1. The first-order chi connectivity index (χ1) is 9.02. The fourth-order valence-electron chi connectivity index (χ4n) is 1.85. The molecule has 2 aromatic rings. The van der Waals surface area contributed by atoms with Crippen molar-refractivity contribution in [1.29, 1.82) is 0 Å². The maximum Gasteiger partial charge on any atom is 0.194 e. The zero-order valence-electron chi connectivity index (χ0n) is 9.92. The van der Waals surface area contributed by atoms with E-state index in [9.17, 15) is 17.6 Å². The maximum absolute atomic E-state index is 13.2. The van der Waals surface area contributed by atoms with Gasteiger partial charge in [-0.2, -0.15) is 0 Å². The van der Waals surface area contributed by atoms with E-state index in [1.54, 1.807) is 0 Å². The van der Waals surface area contributed by atoms with E-state index < -0.39 is 29.3 Å². The molecule has 0 saturated heterocycles. The summed E-state index contributed by atoms with van der Waals surface area (Å²) in [5.74, 6) is -4.68. The van der Waals surface area contributed by atoms with Crippen molar-refractivity contribution in [3.8, 4) is 0 Å². The summed E-state index contributed by atoms with van der Waals surface area (Å²) in [5.41, 5.74) is 0.527. The standard InChI is InChI=1S/C13H10F4N2/c1-18-13(8-2-9(14)6-19-5-8)7-3-10(15)12(17)11(16)4-7/h2-6,13,18H,1H3. The number of hydrogen-bond acceptors (Lipinski definition) is 2. The van der Waals surface area contributed by atoms with Gasteiger partial charge in [-0.25, -0.2) is 17.6 Å². The molecule has 6 heteroatoms. The Morgan fingerprint density at radius 2 is 1.58 bits per heavy atom. The molecule has 0 spiro atoms. The molecule has 100 valence electrons. The minimum atomic E-state index is -1.53. The lowest BCUT2D eigenvalue weighted by molar-refractivity contribution is 0.443. The van der Waals surface area contributed by atoms with Gasteiger partial charge in [0.05, 0.1) is 12.2 Å². The molecule has 19 heavy (non-hydrogen) atoms. The van der Waals surface area contributed by atoms with Crippen LogP contribution in [0.2, 0.25) is 0 Å². The largest absolute Gasteiger partial charge is 0.309 e. The predicted octanol–water partition coefficient (Wildman–Crippen LogP) is 2.95. The first-order valence-electron chi connectivity index (χ1n) is 5.45. The van der Waals surface area contributed by atoms with Gasteiger partial charge in [-0.1, -0.05) is 0 Å². The zero-order chi connectivity index (χ0) is 14.0. The number of hydrogen-bond donors (Lipinski definition) is 1. The van der Waals surface area contributed by atoms with Crippen molar-refractivity contribution >= 4 is 0 Å². The van der Waals surface area contributed by atoms with Gasteiger partial charge < -0.3 is 5.32 Å². The number of rotatable bonds is 3. The third-order valence-corrected chi connectivity index (χ3v) is 2.69. The summed E-state index contributed by atoms with van der Waals surface area (Å²) in [6.45, 7) is 0. The molecule has 1 atom stereocenters. The Morgan fingerprint density at radius 1 is 0.947 bits per heavy atom. The van der Waals surface area contributed by atoms with E-state index in [4.69, 9.17) is 0 Å². The van der Waals surface area contributed by atoms with E-state index >= 15 is 0 Å². The average molecular weight is 270 g/mol. The van der Waals surface area contributed by atoms with Crippen LogP contribution < -0.4 is 5.32 Å². The Bertz CT molecular complexity index is 578. The smallest absolute Gasteiger partial charge is 0.194 e. The molecule has 0 fully saturated rings. The predicted molar refractivity (Wildman–Crippen MR) is 61.4 cm³/mol.